The molecule has 3 nitrogen and oxygen atoms in total. The number of nitrogens with one attached hydrogen (secondary N) is 1. The molecule has 0 amide bonds. The van der Waals surface area contributed by atoms with Crippen LogP contribution in [0.4, 0.5) is 0 Å². The fourth-order valence-electron chi connectivity index (χ4n) is 2.15. The van der Waals surface area contributed by atoms with Gasteiger partial charge in [0.2, 0.25) is 0 Å². The Balaban J connectivity index is 2.37. The molecule has 1 aromatic heterocycles. The van der Waals surface area contributed by atoms with Gasteiger partial charge in [-0.3, -0.25) is 9.36 Å². The lowest BCUT2D eigenvalue weighted by molar-refractivity contribution is 0.302. The molecule has 0 bridgehead atoms. The number of rotatable bonds is 1. The highest BCUT2D eigenvalue weighted by Crippen LogP contribution is 2.30. The highest BCUT2D eigenvalue weighted by Gasteiger charge is 2.22. The molecule has 0 radical (unpaired) electrons. The molecule has 1 aliphatic carbocycles. The highest BCUT2D eigenvalue weighted by molar-refractivity contribution is 7.71. The van der Waals surface area contributed by atoms with Crippen molar-refractivity contribution in [2.75, 3.05) is 0 Å². The van der Waals surface area contributed by atoms with Crippen molar-refractivity contribution in [2.24, 2.45) is 0 Å². The number of fused-ring (bicyclic) bond motifs is 1. The van der Waals surface area contributed by atoms with E-state index in [-0.39, 0.29) is 5.56 Å². The number of nitrogens with zero attached hydrogens (tertiary/aromatic N) is 1. The van der Waals surface area contributed by atoms with Crippen molar-refractivity contribution in [1.29, 1.82) is 0 Å². The lowest BCUT2D eigenvalue weighted by Gasteiger charge is -2.27. The van der Waals surface area contributed by atoms with Crippen molar-refractivity contribution in [3.63, 3.8) is 0 Å². The van der Waals surface area contributed by atoms with E-state index in [0.717, 1.165) is 23.7 Å². The van der Waals surface area contributed by atoms with Gasteiger partial charge >= 0.3 is 0 Å². The van der Waals surface area contributed by atoms with Crippen molar-refractivity contribution in [3.8, 4) is 0 Å². The third kappa shape index (κ3) is 1.33. The summed E-state index contributed by atoms with van der Waals surface area (Å²) in [6.07, 6.45) is 3.32. The van der Waals surface area contributed by atoms with Crippen LogP contribution in [0.3, 0.4) is 0 Å². The van der Waals surface area contributed by atoms with Crippen LogP contribution in [0, 0.1) is 4.77 Å². The first kappa shape index (κ1) is 9.78. The lowest BCUT2D eigenvalue weighted by atomic mass is 9.93. The normalized spacial score (nSPS) is 16.2. The number of aromatic amines is 1. The summed E-state index contributed by atoms with van der Waals surface area (Å²) in [6, 6.07) is 7.82. The molecule has 0 unspecified atom stereocenters. The molecule has 16 heavy (non-hydrogen) atoms. The first-order valence-corrected chi connectivity index (χ1v) is 5.92. The maximum atomic E-state index is 12.3. The van der Waals surface area contributed by atoms with Crippen LogP contribution in [0.15, 0.2) is 29.1 Å². The smallest absolute Gasteiger partial charge is 0.262 e. The second kappa shape index (κ2) is 3.56. The van der Waals surface area contributed by atoms with Crippen LogP contribution in [0.2, 0.25) is 0 Å². The van der Waals surface area contributed by atoms with Crippen LogP contribution in [0.25, 0.3) is 10.9 Å². The summed E-state index contributed by atoms with van der Waals surface area (Å²) in [5, 5.41) is 0.725. The minimum absolute atomic E-state index is 0.0454. The molecule has 0 aliphatic heterocycles. The van der Waals surface area contributed by atoms with Crippen molar-refractivity contribution in [3.05, 3.63) is 39.4 Å². The Morgan fingerprint density at radius 2 is 2.06 bits per heavy atom. The van der Waals surface area contributed by atoms with Gasteiger partial charge in [-0.15, -0.1) is 0 Å². The molecule has 1 aliphatic rings. The first-order valence-electron chi connectivity index (χ1n) is 5.51. The minimum atomic E-state index is 0.0454. The fraction of sp³-hybridized carbons (Fsp3) is 0.333. The third-order valence-corrected chi connectivity index (χ3v) is 3.58. The van der Waals surface area contributed by atoms with E-state index in [9.17, 15) is 4.79 Å². The van der Waals surface area contributed by atoms with E-state index in [1.807, 2.05) is 24.3 Å². The van der Waals surface area contributed by atoms with E-state index in [0.29, 0.717) is 10.8 Å². The summed E-state index contributed by atoms with van der Waals surface area (Å²) in [5.41, 5.74) is 0.872. The van der Waals surface area contributed by atoms with Crippen molar-refractivity contribution >= 4 is 23.1 Å². The molecular formula is C12H12N2OS. The molecule has 82 valence electrons. The topological polar surface area (TPSA) is 37.8 Å². The molecular weight excluding hydrogens is 220 g/mol. The number of H-pyrrole nitrogens is 1. The van der Waals surface area contributed by atoms with Crippen LogP contribution < -0.4 is 5.56 Å². The summed E-state index contributed by atoms with van der Waals surface area (Å²) in [4.78, 5) is 15.4. The molecule has 1 saturated carbocycles. The summed E-state index contributed by atoms with van der Waals surface area (Å²) < 4.78 is 2.29. The maximum Gasteiger partial charge on any atom is 0.262 e. The Morgan fingerprint density at radius 1 is 1.31 bits per heavy atom. The molecule has 3 rings (SSSR count). The van der Waals surface area contributed by atoms with E-state index in [1.54, 1.807) is 4.57 Å². The Labute approximate surface area is 97.7 Å². The number of aromatic nitrogens is 2. The van der Waals surface area contributed by atoms with E-state index in [1.165, 1.54) is 6.42 Å². The SMILES string of the molecule is O=c1c2ccccc2[nH]c(=S)n1C1CCC1. The van der Waals surface area contributed by atoms with Gasteiger partial charge in [-0.25, -0.2) is 0 Å². The Morgan fingerprint density at radius 3 is 2.75 bits per heavy atom. The zero-order chi connectivity index (χ0) is 11.1. The quantitative estimate of drug-likeness (QED) is 0.768. The zero-order valence-electron chi connectivity index (χ0n) is 8.77. The fourth-order valence-corrected chi connectivity index (χ4v) is 2.49. The summed E-state index contributed by atoms with van der Waals surface area (Å²) in [6.45, 7) is 0. The molecule has 0 spiro atoms. The van der Waals surface area contributed by atoms with E-state index >= 15 is 0 Å². The lowest BCUT2D eigenvalue weighted by Crippen LogP contribution is -2.30. The number of hydrogen-bond donors (Lipinski definition) is 1. The van der Waals surface area contributed by atoms with E-state index in [2.05, 4.69) is 4.98 Å². The molecule has 0 atom stereocenters. The molecule has 1 aromatic carbocycles. The van der Waals surface area contributed by atoms with Gasteiger partial charge in [0.05, 0.1) is 10.9 Å². The van der Waals surface area contributed by atoms with Crippen LogP contribution >= 0.6 is 12.2 Å². The number of para-hydroxylation sites is 1. The van der Waals surface area contributed by atoms with E-state index in [4.69, 9.17) is 12.2 Å². The van der Waals surface area contributed by atoms with Gasteiger partial charge in [0, 0.05) is 6.04 Å². The van der Waals surface area contributed by atoms with Crippen molar-refractivity contribution < 1.29 is 0 Å². The van der Waals surface area contributed by atoms with Crippen LogP contribution in [-0.4, -0.2) is 9.55 Å². The summed E-state index contributed by atoms with van der Waals surface area (Å²) in [7, 11) is 0. The van der Waals surface area contributed by atoms with Crippen LogP contribution in [-0.2, 0) is 0 Å². The average Bonchev–Trinajstić information content (AvgIpc) is 2.21. The van der Waals surface area contributed by atoms with Gasteiger partial charge in [-0.1, -0.05) is 12.1 Å². The Kier molecular flexibility index (Phi) is 2.17. The second-order valence-electron chi connectivity index (χ2n) is 4.24. The largest absolute Gasteiger partial charge is 0.332 e. The van der Waals surface area contributed by atoms with Gasteiger partial charge < -0.3 is 4.98 Å². The summed E-state index contributed by atoms with van der Waals surface area (Å²) in [5.74, 6) is 0. The maximum absolute atomic E-state index is 12.3. The van der Waals surface area contributed by atoms with Gasteiger partial charge in [-0.05, 0) is 43.6 Å². The van der Waals surface area contributed by atoms with Crippen LogP contribution in [0.5, 0.6) is 0 Å². The Hall–Kier alpha value is -1.42. The number of benzene rings is 1. The molecule has 1 heterocycles. The van der Waals surface area contributed by atoms with E-state index < -0.39 is 0 Å². The second-order valence-corrected chi connectivity index (χ2v) is 4.62. The summed E-state index contributed by atoms with van der Waals surface area (Å²) >= 11 is 5.25. The molecule has 0 saturated heterocycles. The van der Waals surface area contributed by atoms with Crippen LogP contribution in [0.1, 0.15) is 25.3 Å². The molecule has 1 N–H and O–H groups in total. The molecule has 2 aromatic rings. The van der Waals surface area contributed by atoms with Gasteiger partial charge in [-0.2, -0.15) is 0 Å². The van der Waals surface area contributed by atoms with Crippen molar-refractivity contribution in [1.82, 2.24) is 9.55 Å². The monoisotopic (exact) mass is 232 g/mol. The van der Waals surface area contributed by atoms with Gasteiger partial charge in [0.1, 0.15) is 0 Å². The molecule has 1 fully saturated rings. The zero-order valence-corrected chi connectivity index (χ0v) is 9.59. The third-order valence-electron chi connectivity index (χ3n) is 3.28. The molecule has 4 heteroatoms. The highest BCUT2D eigenvalue weighted by atomic mass is 32.1. The van der Waals surface area contributed by atoms with Crippen molar-refractivity contribution in [2.45, 2.75) is 25.3 Å². The van der Waals surface area contributed by atoms with Gasteiger partial charge in [0.25, 0.3) is 5.56 Å². The van der Waals surface area contributed by atoms with Gasteiger partial charge in [0.15, 0.2) is 4.77 Å². The standard InChI is InChI=1S/C12H12N2OS/c15-11-9-6-1-2-7-10(9)13-12(16)14(11)8-4-3-5-8/h1-2,6-8H,3-5H2,(H,13,16). The number of hydrogen-bond acceptors (Lipinski definition) is 2. The predicted molar refractivity (Wildman–Crippen MR) is 66.3 cm³/mol. The minimum Gasteiger partial charge on any atom is -0.332 e. The first-order chi connectivity index (χ1) is 7.77. The predicted octanol–water partition coefficient (Wildman–Crippen LogP) is 2.78. The average molecular weight is 232 g/mol. The Bertz CT molecular complexity index is 652.